The Morgan fingerprint density at radius 1 is 1.35 bits per heavy atom. The van der Waals surface area contributed by atoms with Gasteiger partial charge in [0.1, 0.15) is 5.82 Å². The zero-order valence-corrected chi connectivity index (χ0v) is 12.5. The number of hydrogen-bond donors (Lipinski definition) is 1. The first kappa shape index (κ1) is 13.6. The van der Waals surface area contributed by atoms with Crippen LogP contribution in [0.4, 0.5) is 0 Å². The van der Waals surface area contributed by atoms with Crippen molar-refractivity contribution in [2.45, 2.75) is 38.9 Å². The van der Waals surface area contributed by atoms with Crippen LogP contribution < -0.4 is 5.32 Å². The first-order chi connectivity index (χ1) is 9.78. The lowest BCUT2D eigenvalue weighted by molar-refractivity contribution is 0.395. The molecule has 1 aromatic carbocycles. The summed E-state index contributed by atoms with van der Waals surface area (Å²) in [5, 5.41) is 3.66. The predicted octanol–water partition coefficient (Wildman–Crippen LogP) is 2.24. The minimum absolute atomic E-state index is 0.606. The monoisotopic (exact) mass is 272 g/mol. The van der Waals surface area contributed by atoms with E-state index in [1.165, 1.54) is 24.3 Å². The molecule has 1 aliphatic rings. The highest BCUT2D eigenvalue weighted by atomic mass is 15.2. The molecule has 2 aromatic rings. The van der Waals surface area contributed by atoms with Crippen LogP contribution in [-0.2, 0) is 13.1 Å². The quantitative estimate of drug-likeness (QED) is 0.906. The Balaban J connectivity index is 1.77. The topological polar surface area (TPSA) is 33.1 Å². The van der Waals surface area contributed by atoms with Crippen LogP contribution in [0.2, 0.25) is 0 Å². The molecule has 0 spiro atoms. The second kappa shape index (κ2) is 5.94. The SMILES string of the molecule is CCCn1c(CNC2CCN(C)C2)nc2ccccc21. The highest BCUT2D eigenvalue weighted by molar-refractivity contribution is 5.75. The van der Waals surface area contributed by atoms with E-state index in [4.69, 9.17) is 4.98 Å². The number of likely N-dealkylation sites (N-methyl/N-ethyl adjacent to an activating group) is 1. The molecule has 1 saturated heterocycles. The number of hydrogen-bond acceptors (Lipinski definition) is 3. The Morgan fingerprint density at radius 2 is 2.20 bits per heavy atom. The molecule has 4 nitrogen and oxygen atoms in total. The molecule has 1 aliphatic heterocycles. The van der Waals surface area contributed by atoms with Crippen LogP contribution in [0.3, 0.4) is 0 Å². The number of aromatic nitrogens is 2. The first-order valence-corrected chi connectivity index (χ1v) is 7.64. The third kappa shape index (κ3) is 2.72. The number of benzene rings is 1. The molecular weight excluding hydrogens is 248 g/mol. The summed E-state index contributed by atoms with van der Waals surface area (Å²) in [6, 6.07) is 9.04. The summed E-state index contributed by atoms with van der Waals surface area (Å²) >= 11 is 0. The normalized spacial score (nSPS) is 20.0. The van der Waals surface area contributed by atoms with E-state index in [9.17, 15) is 0 Å². The molecule has 0 saturated carbocycles. The summed E-state index contributed by atoms with van der Waals surface area (Å²) in [6.45, 7) is 6.48. The Kier molecular flexibility index (Phi) is 4.03. The fourth-order valence-electron chi connectivity index (χ4n) is 3.07. The van der Waals surface area contributed by atoms with Crippen LogP contribution in [0.5, 0.6) is 0 Å². The number of fused-ring (bicyclic) bond motifs is 1. The summed E-state index contributed by atoms with van der Waals surface area (Å²) in [4.78, 5) is 7.18. The van der Waals surface area contributed by atoms with Crippen LogP contribution in [0, 0.1) is 0 Å². The van der Waals surface area contributed by atoms with Crippen LogP contribution in [-0.4, -0.2) is 40.6 Å². The van der Waals surface area contributed by atoms with Gasteiger partial charge >= 0.3 is 0 Å². The second-order valence-electron chi connectivity index (χ2n) is 5.80. The smallest absolute Gasteiger partial charge is 0.123 e. The summed E-state index contributed by atoms with van der Waals surface area (Å²) < 4.78 is 2.36. The van der Waals surface area contributed by atoms with E-state index in [0.717, 1.165) is 31.6 Å². The molecular formula is C16H24N4. The van der Waals surface area contributed by atoms with E-state index in [1.807, 2.05) is 0 Å². The van der Waals surface area contributed by atoms with Gasteiger partial charge in [-0.25, -0.2) is 4.98 Å². The summed E-state index contributed by atoms with van der Waals surface area (Å²) in [6.07, 6.45) is 2.38. The van der Waals surface area contributed by atoms with Crippen molar-refractivity contribution in [1.29, 1.82) is 0 Å². The lowest BCUT2D eigenvalue weighted by Gasteiger charge is -2.13. The van der Waals surface area contributed by atoms with E-state index in [1.54, 1.807) is 0 Å². The van der Waals surface area contributed by atoms with Gasteiger partial charge in [0.15, 0.2) is 0 Å². The van der Waals surface area contributed by atoms with Gasteiger partial charge in [-0.3, -0.25) is 0 Å². The van der Waals surface area contributed by atoms with Crippen molar-refractivity contribution in [2.24, 2.45) is 0 Å². The van der Waals surface area contributed by atoms with Gasteiger partial charge in [-0.2, -0.15) is 0 Å². The van der Waals surface area contributed by atoms with Gasteiger partial charge in [-0.05, 0) is 38.6 Å². The number of para-hydroxylation sites is 2. The third-order valence-corrected chi connectivity index (χ3v) is 4.12. The van der Waals surface area contributed by atoms with Crippen molar-refractivity contribution in [3.05, 3.63) is 30.1 Å². The molecule has 1 fully saturated rings. The van der Waals surface area contributed by atoms with Crippen molar-refractivity contribution >= 4 is 11.0 Å². The number of imidazole rings is 1. The Labute approximate surface area is 120 Å². The largest absolute Gasteiger partial charge is 0.327 e. The van der Waals surface area contributed by atoms with Gasteiger partial charge < -0.3 is 14.8 Å². The van der Waals surface area contributed by atoms with Gasteiger partial charge in [0.25, 0.3) is 0 Å². The molecule has 0 bridgehead atoms. The molecule has 20 heavy (non-hydrogen) atoms. The average molecular weight is 272 g/mol. The second-order valence-corrected chi connectivity index (χ2v) is 5.80. The van der Waals surface area contributed by atoms with Crippen LogP contribution in [0.1, 0.15) is 25.6 Å². The number of nitrogens with zero attached hydrogens (tertiary/aromatic N) is 3. The van der Waals surface area contributed by atoms with Gasteiger partial charge in [-0.15, -0.1) is 0 Å². The molecule has 3 rings (SSSR count). The van der Waals surface area contributed by atoms with Crippen LogP contribution in [0.15, 0.2) is 24.3 Å². The molecule has 2 heterocycles. The number of rotatable bonds is 5. The maximum Gasteiger partial charge on any atom is 0.123 e. The zero-order chi connectivity index (χ0) is 13.9. The predicted molar refractivity (Wildman–Crippen MR) is 82.8 cm³/mol. The molecule has 4 heteroatoms. The standard InChI is InChI=1S/C16H24N4/c1-3-9-20-15-7-5-4-6-14(15)18-16(20)11-17-13-8-10-19(2)12-13/h4-7,13,17H,3,8-12H2,1-2H3. The van der Waals surface area contributed by atoms with Crippen molar-refractivity contribution in [1.82, 2.24) is 19.8 Å². The van der Waals surface area contributed by atoms with Crippen molar-refractivity contribution in [3.8, 4) is 0 Å². The maximum absolute atomic E-state index is 4.80. The molecule has 1 unspecified atom stereocenters. The highest BCUT2D eigenvalue weighted by Crippen LogP contribution is 2.17. The van der Waals surface area contributed by atoms with Gasteiger partial charge in [0.2, 0.25) is 0 Å². The zero-order valence-electron chi connectivity index (χ0n) is 12.5. The molecule has 0 radical (unpaired) electrons. The lowest BCUT2D eigenvalue weighted by atomic mass is 10.2. The fourth-order valence-corrected chi connectivity index (χ4v) is 3.07. The maximum atomic E-state index is 4.80. The summed E-state index contributed by atoms with van der Waals surface area (Å²) in [5.74, 6) is 1.17. The highest BCUT2D eigenvalue weighted by Gasteiger charge is 2.19. The lowest BCUT2D eigenvalue weighted by Crippen LogP contribution is -2.32. The molecule has 1 N–H and O–H groups in total. The van der Waals surface area contributed by atoms with E-state index in [2.05, 4.69) is 53.0 Å². The van der Waals surface area contributed by atoms with Gasteiger partial charge in [0, 0.05) is 19.1 Å². The molecule has 1 atom stereocenters. The van der Waals surface area contributed by atoms with Crippen LogP contribution >= 0.6 is 0 Å². The van der Waals surface area contributed by atoms with E-state index < -0.39 is 0 Å². The summed E-state index contributed by atoms with van der Waals surface area (Å²) in [7, 11) is 2.19. The van der Waals surface area contributed by atoms with Gasteiger partial charge in [-0.1, -0.05) is 19.1 Å². The molecule has 0 amide bonds. The molecule has 108 valence electrons. The summed E-state index contributed by atoms with van der Waals surface area (Å²) in [5.41, 5.74) is 2.37. The first-order valence-electron chi connectivity index (χ1n) is 7.64. The van der Waals surface area contributed by atoms with Crippen LogP contribution in [0.25, 0.3) is 11.0 Å². The van der Waals surface area contributed by atoms with E-state index >= 15 is 0 Å². The number of nitrogens with one attached hydrogen (secondary N) is 1. The number of likely N-dealkylation sites (tertiary alicyclic amines) is 1. The Morgan fingerprint density at radius 3 is 2.95 bits per heavy atom. The number of aryl methyl sites for hydroxylation is 1. The molecule has 0 aliphatic carbocycles. The van der Waals surface area contributed by atoms with Crippen molar-refractivity contribution < 1.29 is 0 Å². The van der Waals surface area contributed by atoms with Gasteiger partial charge in [0.05, 0.1) is 17.6 Å². The van der Waals surface area contributed by atoms with E-state index in [-0.39, 0.29) is 0 Å². The third-order valence-electron chi connectivity index (χ3n) is 4.12. The minimum Gasteiger partial charge on any atom is -0.327 e. The van der Waals surface area contributed by atoms with Crippen molar-refractivity contribution in [3.63, 3.8) is 0 Å². The Hall–Kier alpha value is -1.39. The molecule has 1 aromatic heterocycles. The fraction of sp³-hybridized carbons (Fsp3) is 0.562. The minimum atomic E-state index is 0.606. The van der Waals surface area contributed by atoms with Crippen molar-refractivity contribution in [2.75, 3.05) is 20.1 Å². The Bertz CT molecular complexity index is 575. The van der Waals surface area contributed by atoms with E-state index in [0.29, 0.717) is 6.04 Å². The average Bonchev–Trinajstić information content (AvgIpc) is 3.02.